The zero-order valence-corrected chi connectivity index (χ0v) is 14.1. The number of rotatable bonds is 4. The summed E-state index contributed by atoms with van der Waals surface area (Å²) >= 11 is 0. The maximum atomic E-state index is 12.5. The summed E-state index contributed by atoms with van der Waals surface area (Å²) in [5.74, 6) is 0.855. The normalized spacial score (nSPS) is 18.6. The molecule has 2 amide bonds. The van der Waals surface area contributed by atoms with Gasteiger partial charge in [-0.25, -0.2) is 9.48 Å². The molecule has 1 aromatic heterocycles. The van der Waals surface area contributed by atoms with E-state index in [0.717, 1.165) is 17.7 Å². The molecular formula is C18H24N4O2. The van der Waals surface area contributed by atoms with Crippen molar-refractivity contribution in [3.05, 3.63) is 47.7 Å². The van der Waals surface area contributed by atoms with E-state index in [0.29, 0.717) is 25.5 Å². The van der Waals surface area contributed by atoms with Crippen molar-refractivity contribution >= 4 is 11.8 Å². The van der Waals surface area contributed by atoms with Gasteiger partial charge in [-0.2, -0.15) is 5.10 Å². The van der Waals surface area contributed by atoms with Crippen molar-refractivity contribution in [1.82, 2.24) is 14.7 Å². The Balaban J connectivity index is 1.68. The Morgan fingerprint density at radius 2 is 2.17 bits per heavy atom. The van der Waals surface area contributed by atoms with E-state index in [2.05, 4.69) is 10.4 Å². The number of aryl methyl sites for hydroxylation is 1. The van der Waals surface area contributed by atoms with E-state index in [1.54, 1.807) is 11.8 Å². The van der Waals surface area contributed by atoms with Crippen molar-refractivity contribution in [2.75, 3.05) is 18.4 Å². The summed E-state index contributed by atoms with van der Waals surface area (Å²) in [6.45, 7) is 5.57. The van der Waals surface area contributed by atoms with E-state index in [9.17, 15) is 9.90 Å². The molecule has 1 fully saturated rings. The van der Waals surface area contributed by atoms with Crippen molar-refractivity contribution in [2.45, 2.75) is 32.9 Å². The van der Waals surface area contributed by atoms with E-state index >= 15 is 0 Å². The molecule has 2 atom stereocenters. The third-order valence-corrected chi connectivity index (χ3v) is 4.51. The van der Waals surface area contributed by atoms with Crippen LogP contribution in [-0.2, 0) is 6.54 Å². The number of carbonyl (C=O) groups is 1. The third-order valence-electron chi connectivity index (χ3n) is 4.51. The Bertz CT molecular complexity index is 696. The molecule has 0 saturated carbocycles. The second-order valence-corrected chi connectivity index (χ2v) is 6.48. The molecule has 3 rings (SSSR count). The minimum Gasteiger partial charge on any atom is -0.393 e. The van der Waals surface area contributed by atoms with Crippen LogP contribution >= 0.6 is 0 Å². The van der Waals surface area contributed by atoms with Crippen molar-refractivity contribution in [2.24, 2.45) is 5.92 Å². The number of hydrogen-bond acceptors (Lipinski definition) is 3. The van der Waals surface area contributed by atoms with Gasteiger partial charge >= 0.3 is 6.03 Å². The molecule has 0 spiro atoms. The van der Waals surface area contributed by atoms with Crippen molar-refractivity contribution < 1.29 is 9.90 Å². The number of likely N-dealkylation sites (tertiary alicyclic amines) is 1. The van der Waals surface area contributed by atoms with E-state index in [1.807, 2.05) is 48.0 Å². The SMILES string of the molecule is Cc1cc(NC(=O)N2CCC(C(C)O)C2)n(Cc2ccccc2)n1. The van der Waals surface area contributed by atoms with Gasteiger partial charge in [-0.3, -0.25) is 5.32 Å². The van der Waals surface area contributed by atoms with Crippen LogP contribution < -0.4 is 5.32 Å². The molecule has 24 heavy (non-hydrogen) atoms. The Kier molecular flexibility index (Phi) is 4.85. The molecule has 1 saturated heterocycles. The molecule has 2 N–H and O–H groups in total. The quantitative estimate of drug-likeness (QED) is 0.906. The number of hydrogen-bond donors (Lipinski definition) is 2. The fraction of sp³-hybridized carbons (Fsp3) is 0.444. The number of urea groups is 1. The van der Waals surface area contributed by atoms with Crippen molar-refractivity contribution in [1.29, 1.82) is 0 Å². The number of carbonyl (C=O) groups excluding carboxylic acids is 1. The zero-order valence-electron chi connectivity index (χ0n) is 14.1. The Labute approximate surface area is 142 Å². The molecule has 0 radical (unpaired) electrons. The number of aliphatic hydroxyl groups excluding tert-OH is 1. The maximum Gasteiger partial charge on any atom is 0.323 e. The molecule has 0 bridgehead atoms. The lowest BCUT2D eigenvalue weighted by Gasteiger charge is -2.18. The lowest BCUT2D eigenvalue weighted by molar-refractivity contribution is 0.130. The molecule has 1 aliphatic rings. The number of aromatic nitrogens is 2. The maximum absolute atomic E-state index is 12.5. The number of nitrogens with zero attached hydrogens (tertiary/aromatic N) is 3. The number of benzene rings is 1. The van der Waals surface area contributed by atoms with Gasteiger partial charge in [-0.15, -0.1) is 0 Å². The smallest absolute Gasteiger partial charge is 0.323 e. The summed E-state index contributed by atoms with van der Waals surface area (Å²) < 4.78 is 1.81. The first-order valence-corrected chi connectivity index (χ1v) is 8.35. The van der Waals surface area contributed by atoms with Crippen LogP contribution in [0.15, 0.2) is 36.4 Å². The highest BCUT2D eigenvalue weighted by atomic mass is 16.3. The molecule has 2 aromatic rings. The van der Waals surface area contributed by atoms with E-state index in [4.69, 9.17) is 0 Å². The molecule has 6 heteroatoms. The van der Waals surface area contributed by atoms with Crippen molar-refractivity contribution in [3.63, 3.8) is 0 Å². The van der Waals surface area contributed by atoms with Crippen LogP contribution in [-0.4, -0.2) is 45.0 Å². The van der Waals surface area contributed by atoms with Gasteiger partial charge < -0.3 is 10.0 Å². The van der Waals surface area contributed by atoms with Gasteiger partial charge in [0.25, 0.3) is 0 Å². The zero-order chi connectivity index (χ0) is 17.1. The predicted molar refractivity (Wildman–Crippen MR) is 92.9 cm³/mol. The minimum absolute atomic E-state index is 0.132. The summed E-state index contributed by atoms with van der Waals surface area (Å²) in [5, 5.41) is 17.1. The largest absolute Gasteiger partial charge is 0.393 e. The van der Waals surface area contributed by atoms with Gasteiger partial charge in [0.2, 0.25) is 0 Å². The predicted octanol–water partition coefficient (Wildman–Crippen LogP) is 2.47. The Hall–Kier alpha value is -2.34. The molecule has 2 unspecified atom stereocenters. The van der Waals surface area contributed by atoms with Gasteiger partial charge in [0.1, 0.15) is 5.82 Å². The summed E-state index contributed by atoms with van der Waals surface area (Å²) in [6, 6.07) is 11.8. The molecule has 2 heterocycles. The summed E-state index contributed by atoms with van der Waals surface area (Å²) in [4.78, 5) is 14.2. The second-order valence-electron chi connectivity index (χ2n) is 6.48. The van der Waals surface area contributed by atoms with E-state index < -0.39 is 0 Å². The molecular weight excluding hydrogens is 304 g/mol. The standard InChI is InChI=1S/C18H24N4O2/c1-13-10-17(22(20-13)11-15-6-4-3-5-7-15)19-18(24)21-9-8-16(12-21)14(2)23/h3-7,10,14,16,23H,8-9,11-12H2,1-2H3,(H,19,24). The van der Waals surface area contributed by atoms with Crippen LogP contribution in [0.3, 0.4) is 0 Å². The molecule has 6 nitrogen and oxygen atoms in total. The number of aliphatic hydroxyl groups is 1. The number of amides is 2. The van der Waals surface area contributed by atoms with Crippen LogP contribution in [0.1, 0.15) is 24.6 Å². The van der Waals surface area contributed by atoms with Crippen LogP contribution in [0.2, 0.25) is 0 Å². The summed E-state index contributed by atoms with van der Waals surface area (Å²) in [5.41, 5.74) is 2.00. The van der Waals surface area contributed by atoms with Gasteiger partial charge in [-0.1, -0.05) is 30.3 Å². The monoisotopic (exact) mass is 328 g/mol. The minimum atomic E-state index is -0.381. The van der Waals surface area contributed by atoms with Crippen LogP contribution in [0, 0.1) is 12.8 Å². The molecule has 1 aromatic carbocycles. The lowest BCUT2D eigenvalue weighted by Crippen LogP contribution is -2.34. The molecule has 1 aliphatic heterocycles. The van der Waals surface area contributed by atoms with E-state index in [1.165, 1.54) is 0 Å². The first kappa shape index (κ1) is 16.5. The van der Waals surface area contributed by atoms with Crippen LogP contribution in [0.5, 0.6) is 0 Å². The lowest BCUT2D eigenvalue weighted by atomic mass is 10.0. The topological polar surface area (TPSA) is 70.4 Å². The number of nitrogens with one attached hydrogen (secondary N) is 1. The average Bonchev–Trinajstić information content (AvgIpc) is 3.16. The van der Waals surface area contributed by atoms with Gasteiger partial charge in [0.15, 0.2) is 0 Å². The van der Waals surface area contributed by atoms with Gasteiger partial charge in [0, 0.05) is 25.1 Å². The molecule has 0 aliphatic carbocycles. The third kappa shape index (κ3) is 3.76. The Morgan fingerprint density at radius 3 is 2.83 bits per heavy atom. The first-order valence-electron chi connectivity index (χ1n) is 8.35. The van der Waals surface area contributed by atoms with Gasteiger partial charge in [0.05, 0.1) is 18.3 Å². The summed E-state index contributed by atoms with van der Waals surface area (Å²) in [7, 11) is 0. The highest BCUT2D eigenvalue weighted by molar-refractivity contribution is 5.88. The first-order chi connectivity index (χ1) is 11.5. The van der Waals surface area contributed by atoms with Crippen LogP contribution in [0.25, 0.3) is 0 Å². The highest BCUT2D eigenvalue weighted by Gasteiger charge is 2.29. The van der Waals surface area contributed by atoms with Crippen molar-refractivity contribution in [3.8, 4) is 0 Å². The average molecular weight is 328 g/mol. The van der Waals surface area contributed by atoms with E-state index in [-0.39, 0.29) is 18.1 Å². The fourth-order valence-corrected chi connectivity index (χ4v) is 3.08. The molecule has 128 valence electrons. The number of anilines is 1. The summed E-state index contributed by atoms with van der Waals surface area (Å²) in [6.07, 6.45) is 0.460. The van der Waals surface area contributed by atoms with Gasteiger partial charge in [-0.05, 0) is 25.8 Å². The second kappa shape index (κ2) is 7.05. The highest BCUT2D eigenvalue weighted by Crippen LogP contribution is 2.21. The Morgan fingerprint density at radius 1 is 1.42 bits per heavy atom. The fourth-order valence-electron chi connectivity index (χ4n) is 3.08. The van der Waals surface area contributed by atoms with Crippen LogP contribution in [0.4, 0.5) is 10.6 Å².